The maximum Gasteiger partial charge on any atom is 0.140 e. The first-order valence-electron chi connectivity index (χ1n) is 5.30. The van der Waals surface area contributed by atoms with E-state index in [9.17, 15) is 0 Å². The Labute approximate surface area is 99.0 Å². The molecule has 0 aliphatic carbocycles. The van der Waals surface area contributed by atoms with Gasteiger partial charge >= 0.3 is 0 Å². The van der Waals surface area contributed by atoms with E-state index in [-0.39, 0.29) is 0 Å². The molecule has 1 fully saturated rings. The van der Waals surface area contributed by atoms with Gasteiger partial charge in [0.1, 0.15) is 5.82 Å². The molecule has 0 bridgehead atoms. The maximum absolute atomic E-state index is 4.34. The predicted molar refractivity (Wildman–Crippen MR) is 66.2 cm³/mol. The Morgan fingerprint density at radius 2 is 2.33 bits per heavy atom. The second kappa shape index (κ2) is 4.49. The molecule has 2 heterocycles. The number of hydrogen-bond acceptors (Lipinski definition) is 3. The van der Waals surface area contributed by atoms with Gasteiger partial charge in [0.05, 0.1) is 10.5 Å². The van der Waals surface area contributed by atoms with Crippen molar-refractivity contribution in [1.29, 1.82) is 0 Å². The molecule has 0 aromatic carbocycles. The van der Waals surface area contributed by atoms with E-state index < -0.39 is 0 Å². The zero-order valence-corrected chi connectivity index (χ0v) is 10.7. The molecule has 2 rings (SSSR count). The predicted octanol–water partition coefficient (Wildman–Crippen LogP) is 2.27. The Bertz CT molecular complexity index is 348. The van der Waals surface area contributed by atoms with Crippen molar-refractivity contribution in [2.75, 3.05) is 25.0 Å². The van der Waals surface area contributed by atoms with Crippen LogP contribution in [0.15, 0.2) is 16.7 Å². The fraction of sp³-hybridized carbons (Fsp3) is 0.545. The SMILES string of the molecule is CCN1CC(Nc2nccc(C)c2Br)C1. The molecule has 1 N–H and O–H groups in total. The van der Waals surface area contributed by atoms with E-state index in [1.54, 1.807) is 0 Å². The number of pyridine rings is 1. The normalized spacial score (nSPS) is 17.5. The lowest BCUT2D eigenvalue weighted by molar-refractivity contribution is 0.171. The number of nitrogens with one attached hydrogen (secondary N) is 1. The van der Waals surface area contributed by atoms with Crippen molar-refractivity contribution in [1.82, 2.24) is 9.88 Å². The van der Waals surface area contributed by atoms with Crippen molar-refractivity contribution < 1.29 is 0 Å². The highest BCUT2D eigenvalue weighted by Gasteiger charge is 2.25. The van der Waals surface area contributed by atoms with Crippen LogP contribution >= 0.6 is 15.9 Å². The van der Waals surface area contributed by atoms with Crippen LogP contribution in [0, 0.1) is 6.92 Å². The zero-order chi connectivity index (χ0) is 10.8. The number of likely N-dealkylation sites (tertiary alicyclic amines) is 1. The first-order valence-corrected chi connectivity index (χ1v) is 6.10. The Hall–Kier alpha value is -0.610. The number of likely N-dealkylation sites (N-methyl/N-ethyl adjacent to an activating group) is 1. The van der Waals surface area contributed by atoms with Crippen LogP contribution in [0.3, 0.4) is 0 Å². The summed E-state index contributed by atoms with van der Waals surface area (Å²) in [7, 11) is 0. The first kappa shape index (κ1) is 10.9. The molecular formula is C11H16BrN3. The van der Waals surface area contributed by atoms with Gasteiger partial charge in [-0.3, -0.25) is 4.90 Å². The van der Waals surface area contributed by atoms with Crippen LogP contribution in [0.1, 0.15) is 12.5 Å². The third-order valence-corrected chi connectivity index (χ3v) is 3.83. The summed E-state index contributed by atoms with van der Waals surface area (Å²) in [6.07, 6.45) is 1.85. The monoisotopic (exact) mass is 269 g/mol. The summed E-state index contributed by atoms with van der Waals surface area (Å²) in [5.41, 5.74) is 1.22. The standard InChI is InChI=1S/C11H16BrN3/c1-3-15-6-9(7-15)14-11-10(12)8(2)4-5-13-11/h4-5,9H,3,6-7H2,1-2H3,(H,13,14). The van der Waals surface area contributed by atoms with E-state index >= 15 is 0 Å². The highest BCUT2D eigenvalue weighted by atomic mass is 79.9. The van der Waals surface area contributed by atoms with E-state index in [4.69, 9.17) is 0 Å². The summed E-state index contributed by atoms with van der Waals surface area (Å²) >= 11 is 3.56. The van der Waals surface area contributed by atoms with Crippen molar-refractivity contribution in [3.63, 3.8) is 0 Å². The van der Waals surface area contributed by atoms with E-state index in [0.29, 0.717) is 6.04 Å². The average Bonchev–Trinajstić information content (AvgIpc) is 2.17. The van der Waals surface area contributed by atoms with E-state index in [2.05, 4.69) is 45.0 Å². The highest BCUT2D eigenvalue weighted by molar-refractivity contribution is 9.10. The molecule has 0 atom stereocenters. The molecule has 1 saturated heterocycles. The summed E-state index contributed by atoms with van der Waals surface area (Å²) in [6.45, 7) is 7.66. The molecule has 1 aromatic heterocycles. The Morgan fingerprint density at radius 3 is 3.00 bits per heavy atom. The fourth-order valence-corrected chi connectivity index (χ4v) is 2.10. The molecular weight excluding hydrogens is 254 g/mol. The molecule has 1 aliphatic rings. The minimum absolute atomic E-state index is 0.551. The van der Waals surface area contributed by atoms with Crippen LogP contribution in [0.2, 0.25) is 0 Å². The molecule has 1 aromatic rings. The number of aromatic nitrogens is 1. The largest absolute Gasteiger partial charge is 0.364 e. The maximum atomic E-state index is 4.34. The van der Waals surface area contributed by atoms with E-state index in [1.165, 1.54) is 5.56 Å². The Kier molecular flexibility index (Phi) is 3.26. The number of halogens is 1. The van der Waals surface area contributed by atoms with Gasteiger partial charge in [-0.25, -0.2) is 4.98 Å². The molecule has 0 amide bonds. The first-order chi connectivity index (χ1) is 7.20. The van der Waals surface area contributed by atoms with Crippen molar-refractivity contribution in [2.24, 2.45) is 0 Å². The van der Waals surface area contributed by atoms with Crippen LogP contribution in [0.5, 0.6) is 0 Å². The molecule has 4 heteroatoms. The molecule has 0 radical (unpaired) electrons. The Morgan fingerprint density at radius 1 is 1.60 bits per heavy atom. The quantitative estimate of drug-likeness (QED) is 0.913. The minimum atomic E-state index is 0.551. The van der Waals surface area contributed by atoms with E-state index in [0.717, 1.165) is 29.9 Å². The van der Waals surface area contributed by atoms with Gasteiger partial charge in [-0.15, -0.1) is 0 Å². The second-order valence-electron chi connectivity index (χ2n) is 3.98. The summed E-state index contributed by atoms with van der Waals surface area (Å²) < 4.78 is 1.08. The number of rotatable bonds is 3. The number of aryl methyl sites for hydroxylation is 1. The van der Waals surface area contributed by atoms with Crippen molar-refractivity contribution >= 4 is 21.7 Å². The number of hydrogen-bond donors (Lipinski definition) is 1. The van der Waals surface area contributed by atoms with Crippen LogP contribution in [-0.2, 0) is 0 Å². The third-order valence-electron chi connectivity index (χ3n) is 2.83. The lowest BCUT2D eigenvalue weighted by atomic mass is 10.1. The molecule has 0 unspecified atom stereocenters. The molecule has 0 saturated carbocycles. The summed E-state index contributed by atoms with van der Waals surface area (Å²) in [4.78, 5) is 6.74. The van der Waals surface area contributed by atoms with Crippen molar-refractivity contribution in [2.45, 2.75) is 19.9 Å². The molecule has 1 aliphatic heterocycles. The summed E-state index contributed by atoms with van der Waals surface area (Å²) in [5.74, 6) is 0.968. The third kappa shape index (κ3) is 2.32. The summed E-state index contributed by atoms with van der Waals surface area (Å²) in [6, 6.07) is 2.56. The van der Waals surface area contributed by atoms with Crippen LogP contribution in [0.4, 0.5) is 5.82 Å². The van der Waals surface area contributed by atoms with Gasteiger partial charge in [-0.05, 0) is 41.0 Å². The van der Waals surface area contributed by atoms with Crippen molar-refractivity contribution in [3.8, 4) is 0 Å². The zero-order valence-electron chi connectivity index (χ0n) is 9.13. The Balaban J connectivity index is 1.97. The fourth-order valence-electron chi connectivity index (χ4n) is 1.75. The van der Waals surface area contributed by atoms with Crippen molar-refractivity contribution in [3.05, 3.63) is 22.3 Å². The molecule has 3 nitrogen and oxygen atoms in total. The smallest absolute Gasteiger partial charge is 0.140 e. The molecule has 0 spiro atoms. The topological polar surface area (TPSA) is 28.2 Å². The molecule has 15 heavy (non-hydrogen) atoms. The van der Waals surface area contributed by atoms with E-state index in [1.807, 2.05) is 12.3 Å². The second-order valence-corrected chi connectivity index (χ2v) is 4.78. The number of anilines is 1. The van der Waals surface area contributed by atoms with Gasteiger partial charge in [0.15, 0.2) is 0 Å². The van der Waals surface area contributed by atoms with Gasteiger partial charge < -0.3 is 5.32 Å². The highest BCUT2D eigenvalue weighted by Crippen LogP contribution is 2.25. The van der Waals surface area contributed by atoms with Gasteiger partial charge in [0, 0.05) is 19.3 Å². The van der Waals surface area contributed by atoms with Gasteiger partial charge in [0.2, 0.25) is 0 Å². The molecule has 82 valence electrons. The average molecular weight is 270 g/mol. The lowest BCUT2D eigenvalue weighted by Crippen LogP contribution is -2.54. The summed E-state index contributed by atoms with van der Waals surface area (Å²) in [5, 5.41) is 3.45. The van der Waals surface area contributed by atoms with Crippen LogP contribution < -0.4 is 5.32 Å². The lowest BCUT2D eigenvalue weighted by Gasteiger charge is -2.39. The van der Waals surface area contributed by atoms with Gasteiger partial charge in [0.25, 0.3) is 0 Å². The van der Waals surface area contributed by atoms with Crippen LogP contribution in [0.25, 0.3) is 0 Å². The number of nitrogens with zero attached hydrogens (tertiary/aromatic N) is 2. The van der Waals surface area contributed by atoms with Gasteiger partial charge in [-0.1, -0.05) is 6.92 Å². The van der Waals surface area contributed by atoms with Crippen LogP contribution in [-0.4, -0.2) is 35.6 Å². The van der Waals surface area contributed by atoms with Gasteiger partial charge in [-0.2, -0.15) is 0 Å². The minimum Gasteiger partial charge on any atom is -0.364 e.